The smallest absolute Gasteiger partial charge is 0.309 e. The van der Waals surface area contributed by atoms with Crippen molar-refractivity contribution in [2.45, 2.75) is 44.8 Å². The van der Waals surface area contributed by atoms with E-state index in [0.29, 0.717) is 12.2 Å². The number of benzene rings is 2. The lowest BCUT2D eigenvalue weighted by Crippen LogP contribution is -2.31. The van der Waals surface area contributed by atoms with E-state index < -0.39 is 18.2 Å². The van der Waals surface area contributed by atoms with Crippen LogP contribution in [0.3, 0.4) is 0 Å². The van der Waals surface area contributed by atoms with Gasteiger partial charge in [-0.1, -0.05) is 32.1 Å². The number of hydrogen-bond acceptors (Lipinski definition) is 4. The number of halogens is 2. The molecule has 0 amide bonds. The molecule has 0 aliphatic carbocycles. The largest absolute Gasteiger partial charge is 0.495 e. The molecule has 3 rings (SSSR count). The Kier molecular flexibility index (Phi) is 6.95. The zero-order valence-electron chi connectivity index (χ0n) is 16.6. The van der Waals surface area contributed by atoms with Crippen LogP contribution >= 0.6 is 22.6 Å². The molecule has 0 bridgehead atoms. The van der Waals surface area contributed by atoms with Crippen LogP contribution in [0.25, 0.3) is 17.2 Å². The SMILES string of the molecule is COc1c(I)cc(C(C)C)c(/C=C/[C@@H]2C[C@@H](O)CC(=O)O2)c1-c1ccc(F)cc1. The van der Waals surface area contributed by atoms with Crippen molar-refractivity contribution in [3.05, 3.63) is 56.9 Å². The number of ether oxygens (including phenoxy) is 2. The molecule has 2 aromatic carbocycles. The molecule has 1 saturated heterocycles. The van der Waals surface area contributed by atoms with Crippen LogP contribution in [0, 0.1) is 9.39 Å². The van der Waals surface area contributed by atoms with Crippen LogP contribution in [0.5, 0.6) is 5.75 Å². The number of aliphatic hydroxyl groups is 1. The summed E-state index contributed by atoms with van der Waals surface area (Å²) >= 11 is 2.25. The molecule has 4 nitrogen and oxygen atoms in total. The fraction of sp³-hybridized carbons (Fsp3) is 0.348. The maximum atomic E-state index is 13.5. The molecule has 0 unspecified atom stereocenters. The van der Waals surface area contributed by atoms with Crippen LogP contribution in [0.4, 0.5) is 4.39 Å². The second-order valence-electron chi connectivity index (χ2n) is 7.41. The number of carbonyl (C=O) groups excluding carboxylic acids is 1. The summed E-state index contributed by atoms with van der Waals surface area (Å²) in [5.74, 6) is 0.235. The second kappa shape index (κ2) is 9.26. The van der Waals surface area contributed by atoms with Gasteiger partial charge in [0, 0.05) is 12.0 Å². The maximum Gasteiger partial charge on any atom is 0.309 e. The van der Waals surface area contributed by atoms with Crippen LogP contribution in [0.15, 0.2) is 36.4 Å². The maximum absolute atomic E-state index is 13.5. The molecule has 2 atom stereocenters. The Morgan fingerprint density at radius 3 is 2.59 bits per heavy atom. The van der Waals surface area contributed by atoms with Crippen LogP contribution < -0.4 is 4.74 Å². The van der Waals surface area contributed by atoms with Gasteiger partial charge in [0.15, 0.2) is 0 Å². The molecule has 0 radical (unpaired) electrons. The molecule has 0 saturated carbocycles. The first-order valence-electron chi connectivity index (χ1n) is 9.52. The lowest BCUT2D eigenvalue weighted by Gasteiger charge is -2.24. The van der Waals surface area contributed by atoms with E-state index in [1.165, 1.54) is 12.1 Å². The van der Waals surface area contributed by atoms with Gasteiger partial charge in [-0.25, -0.2) is 4.39 Å². The Bertz CT molecular complexity index is 921. The van der Waals surface area contributed by atoms with E-state index in [0.717, 1.165) is 25.8 Å². The first-order chi connectivity index (χ1) is 13.8. The molecule has 0 aromatic heterocycles. The van der Waals surface area contributed by atoms with Crippen LogP contribution in [0.2, 0.25) is 0 Å². The van der Waals surface area contributed by atoms with E-state index in [1.807, 2.05) is 6.08 Å². The van der Waals surface area contributed by atoms with E-state index in [4.69, 9.17) is 9.47 Å². The van der Waals surface area contributed by atoms with E-state index in [1.54, 1.807) is 25.3 Å². The average Bonchev–Trinajstić information content (AvgIpc) is 2.66. The average molecular weight is 510 g/mol. The van der Waals surface area contributed by atoms with Gasteiger partial charge in [0.25, 0.3) is 0 Å². The molecular weight excluding hydrogens is 486 g/mol. The number of carbonyl (C=O) groups is 1. The summed E-state index contributed by atoms with van der Waals surface area (Å²) in [6.07, 6.45) is 2.94. The van der Waals surface area contributed by atoms with Gasteiger partial charge in [0.2, 0.25) is 0 Å². The first-order valence-corrected chi connectivity index (χ1v) is 10.6. The number of hydrogen-bond donors (Lipinski definition) is 1. The minimum atomic E-state index is -0.696. The van der Waals surface area contributed by atoms with Crippen molar-refractivity contribution in [1.82, 2.24) is 0 Å². The Hall–Kier alpha value is -1.93. The molecule has 1 heterocycles. The Morgan fingerprint density at radius 1 is 1.31 bits per heavy atom. The second-order valence-corrected chi connectivity index (χ2v) is 8.57. The van der Waals surface area contributed by atoms with Gasteiger partial charge < -0.3 is 14.6 Å². The zero-order valence-corrected chi connectivity index (χ0v) is 18.8. The summed E-state index contributed by atoms with van der Waals surface area (Å²) in [6.45, 7) is 4.21. The van der Waals surface area contributed by atoms with Crippen LogP contribution in [-0.4, -0.2) is 30.4 Å². The number of cyclic esters (lactones) is 1. The topological polar surface area (TPSA) is 55.8 Å². The third kappa shape index (κ3) is 4.98. The Morgan fingerprint density at radius 2 is 2.00 bits per heavy atom. The molecule has 1 fully saturated rings. The summed E-state index contributed by atoms with van der Waals surface area (Å²) < 4.78 is 25.5. The highest BCUT2D eigenvalue weighted by Gasteiger charge is 2.26. The summed E-state index contributed by atoms with van der Waals surface area (Å²) in [5.41, 5.74) is 3.74. The van der Waals surface area contributed by atoms with E-state index in [2.05, 4.69) is 42.5 Å². The Labute approximate surface area is 183 Å². The molecule has 29 heavy (non-hydrogen) atoms. The third-order valence-corrected chi connectivity index (χ3v) is 5.73. The number of aliphatic hydroxyl groups excluding tert-OH is 1. The predicted molar refractivity (Wildman–Crippen MR) is 119 cm³/mol. The van der Waals surface area contributed by atoms with Crippen LogP contribution in [0.1, 0.15) is 43.7 Å². The zero-order chi connectivity index (χ0) is 21.1. The van der Waals surface area contributed by atoms with E-state index >= 15 is 0 Å². The normalized spacial score (nSPS) is 19.6. The van der Waals surface area contributed by atoms with Crippen molar-refractivity contribution in [2.24, 2.45) is 0 Å². The molecule has 1 N–H and O–H groups in total. The standard InChI is InChI=1S/C23H24FIO4/c1-13(2)19-12-20(25)23(28-3)22(14-4-6-15(24)7-5-14)18(19)9-8-17-10-16(26)11-21(27)29-17/h4-9,12-13,16-17,26H,10-11H2,1-3H3/b9-8+/t16-,17-/m1/s1. The minimum Gasteiger partial charge on any atom is -0.495 e. The summed E-state index contributed by atoms with van der Waals surface area (Å²) in [7, 11) is 1.62. The van der Waals surface area contributed by atoms with Crippen molar-refractivity contribution in [3.8, 4) is 16.9 Å². The van der Waals surface area contributed by atoms with Crippen molar-refractivity contribution < 1.29 is 23.8 Å². The molecule has 1 aliphatic heterocycles. The number of esters is 1. The lowest BCUT2D eigenvalue weighted by molar-refractivity contribution is -0.156. The number of rotatable bonds is 5. The fourth-order valence-electron chi connectivity index (χ4n) is 3.56. The molecular formula is C23H24FIO4. The van der Waals surface area contributed by atoms with Gasteiger partial charge in [-0.15, -0.1) is 0 Å². The molecule has 6 heteroatoms. The van der Waals surface area contributed by atoms with E-state index in [9.17, 15) is 14.3 Å². The molecule has 2 aromatic rings. The quantitative estimate of drug-likeness (QED) is 0.438. The highest BCUT2D eigenvalue weighted by molar-refractivity contribution is 14.1. The highest BCUT2D eigenvalue weighted by Crippen LogP contribution is 2.42. The van der Waals surface area contributed by atoms with Crippen molar-refractivity contribution in [2.75, 3.05) is 7.11 Å². The molecule has 0 spiro atoms. The van der Waals surface area contributed by atoms with E-state index in [-0.39, 0.29) is 18.2 Å². The van der Waals surface area contributed by atoms with Gasteiger partial charge in [0.1, 0.15) is 17.7 Å². The van der Waals surface area contributed by atoms with Crippen molar-refractivity contribution in [3.63, 3.8) is 0 Å². The summed E-state index contributed by atoms with van der Waals surface area (Å²) in [5, 5.41) is 9.88. The fourth-order valence-corrected chi connectivity index (χ4v) is 4.38. The first kappa shape index (κ1) is 21.8. The summed E-state index contributed by atoms with van der Waals surface area (Å²) in [4.78, 5) is 11.7. The molecule has 154 valence electrons. The van der Waals surface area contributed by atoms with Crippen molar-refractivity contribution in [1.29, 1.82) is 0 Å². The van der Waals surface area contributed by atoms with Gasteiger partial charge in [-0.05, 0) is 69.5 Å². The lowest BCUT2D eigenvalue weighted by atomic mass is 9.88. The molecule has 1 aliphatic rings. The van der Waals surface area contributed by atoms with Gasteiger partial charge >= 0.3 is 5.97 Å². The minimum absolute atomic E-state index is 0.0275. The predicted octanol–water partition coefficient (Wildman–Crippen LogP) is 5.31. The van der Waals surface area contributed by atoms with Crippen LogP contribution in [-0.2, 0) is 9.53 Å². The van der Waals surface area contributed by atoms with Gasteiger partial charge in [-0.3, -0.25) is 4.79 Å². The van der Waals surface area contributed by atoms with Gasteiger partial charge in [0.05, 0.1) is 23.2 Å². The third-order valence-electron chi connectivity index (χ3n) is 4.93. The number of methoxy groups -OCH3 is 1. The van der Waals surface area contributed by atoms with Crippen molar-refractivity contribution >= 4 is 34.6 Å². The van der Waals surface area contributed by atoms with Gasteiger partial charge in [-0.2, -0.15) is 0 Å². The highest BCUT2D eigenvalue weighted by atomic mass is 127. The Balaban J connectivity index is 2.16. The summed E-state index contributed by atoms with van der Waals surface area (Å²) in [6, 6.07) is 8.40. The monoisotopic (exact) mass is 510 g/mol.